The zero-order valence-corrected chi connectivity index (χ0v) is 32.5. The van der Waals surface area contributed by atoms with Crippen LogP contribution < -0.4 is 5.73 Å². The molecule has 0 aromatic rings. The van der Waals surface area contributed by atoms with Gasteiger partial charge in [-0.3, -0.25) is 18.6 Å². The number of rotatable bonds is 36. The van der Waals surface area contributed by atoms with Gasteiger partial charge in [0.15, 0.2) is 6.10 Å². The third-order valence-corrected chi connectivity index (χ3v) is 8.96. The van der Waals surface area contributed by atoms with Gasteiger partial charge in [0.05, 0.1) is 13.2 Å². The van der Waals surface area contributed by atoms with Gasteiger partial charge in [-0.1, -0.05) is 146 Å². The van der Waals surface area contributed by atoms with E-state index < -0.39 is 32.5 Å². The van der Waals surface area contributed by atoms with E-state index in [0.29, 0.717) is 6.42 Å². The van der Waals surface area contributed by atoms with Crippen LogP contribution in [0.4, 0.5) is 0 Å². The average molecular weight is 726 g/mol. The second-order valence-electron chi connectivity index (χ2n) is 12.8. The first-order chi connectivity index (χ1) is 24.3. The van der Waals surface area contributed by atoms with Crippen molar-refractivity contribution in [2.45, 2.75) is 168 Å². The predicted molar refractivity (Wildman–Crippen MR) is 206 cm³/mol. The minimum Gasteiger partial charge on any atom is -0.462 e. The van der Waals surface area contributed by atoms with E-state index in [1.54, 1.807) is 0 Å². The highest BCUT2D eigenvalue weighted by molar-refractivity contribution is 7.47. The van der Waals surface area contributed by atoms with Gasteiger partial charge in [-0.15, -0.1) is 0 Å². The van der Waals surface area contributed by atoms with Gasteiger partial charge >= 0.3 is 19.8 Å². The van der Waals surface area contributed by atoms with Crippen LogP contribution in [0.3, 0.4) is 0 Å². The number of hydrogen-bond donors (Lipinski definition) is 2. The molecule has 0 rings (SSSR count). The van der Waals surface area contributed by atoms with Crippen LogP contribution in [0.5, 0.6) is 0 Å². The van der Waals surface area contributed by atoms with E-state index in [1.807, 2.05) is 0 Å². The minimum absolute atomic E-state index is 0.0517. The molecule has 0 radical (unpaired) electrons. The fourth-order valence-corrected chi connectivity index (χ4v) is 5.86. The van der Waals surface area contributed by atoms with Crippen molar-refractivity contribution in [3.8, 4) is 0 Å². The van der Waals surface area contributed by atoms with Gasteiger partial charge in [-0.2, -0.15) is 0 Å². The molecule has 3 N–H and O–H groups in total. The maximum Gasteiger partial charge on any atom is 0.472 e. The van der Waals surface area contributed by atoms with Crippen molar-refractivity contribution in [3.63, 3.8) is 0 Å². The molecular formula is C40H72NO8P. The Labute approximate surface area is 305 Å². The molecule has 0 heterocycles. The van der Waals surface area contributed by atoms with E-state index in [0.717, 1.165) is 83.5 Å². The molecule has 9 nitrogen and oxygen atoms in total. The van der Waals surface area contributed by atoms with Crippen molar-refractivity contribution < 1.29 is 37.6 Å². The quantitative estimate of drug-likeness (QED) is 0.0280. The molecule has 0 fully saturated rings. The first-order valence-electron chi connectivity index (χ1n) is 19.6. The third kappa shape index (κ3) is 35.8. The summed E-state index contributed by atoms with van der Waals surface area (Å²) in [5.74, 6) is -0.846. The molecule has 0 saturated heterocycles. The van der Waals surface area contributed by atoms with Crippen LogP contribution in [0.1, 0.15) is 162 Å². The van der Waals surface area contributed by atoms with E-state index >= 15 is 0 Å². The largest absolute Gasteiger partial charge is 0.472 e. The lowest BCUT2D eigenvalue weighted by atomic mass is 10.0. The lowest BCUT2D eigenvalue weighted by Crippen LogP contribution is -2.29. The number of hydrogen-bond acceptors (Lipinski definition) is 8. The lowest BCUT2D eigenvalue weighted by molar-refractivity contribution is -0.161. The Balaban J connectivity index is 4.03. The maximum absolute atomic E-state index is 12.5. The molecule has 10 heteroatoms. The Kier molecular flexibility index (Phi) is 35.3. The second-order valence-corrected chi connectivity index (χ2v) is 14.2. The fraction of sp³-hybridized carbons (Fsp3) is 0.750. The molecule has 50 heavy (non-hydrogen) atoms. The molecule has 0 bridgehead atoms. The molecule has 0 amide bonds. The van der Waals surface area contributed by atoms with E-state index in [9.17, 15) is 19.0 Å². The zero-order chi connectivity index (χ0) is 36.8. The molecule has 2 atom stereocenters. The minimum atomic E-state index is -4.36. The van der Waals surface area contributed by atoms with Crippen LogP contribution in [0, 0.1) is 0 Å². The monoisotopic (exact) mass is 725 g/mol. The summed E-state index contributed by atoms with van der Waals surface area (Å²) in [6, 6.07) is 0. The van der Waals surface area contributed by atoms with Crippen LogP contribution in [-0.4, -0.2) is 49.3 Å². The normalized spacial score (nSPS) is 13.9. The molecule has 0 spiro atoms. The summed E-state index contributed by atoms with van der Waals surface area (Å²) in [5.41, 5.74) is 5.32. The summed E-state index contributed by atoms with van der Waals surface area (Å²) in [5, 5.41) is 0. The second kappa shape index (κ2) is 36.8. The Morgan fingerprint density at radius 1 is 0.620 bits per heavy atom. The first kappa shape index (κ1) is 48.0. The number of phosphoric acid groups is 1. The number of unbranched alkanes of at least 4 members (excludes halogenated alkanes) is 15. The zero-order valence-electron chi connectivity index (χ0n) is 31.6. The van der Waals surface area contributed by atoms with Crippen molar-refractivity contribution in [2.24, 2.45) is 5.73 Å². The molecule has 2 unspecified atom stereocenters. The fourth-order valence-electron chi connectivity index (χ4n) is 5.09. The van der Waals surface area contributed by atoms with Crippen molar-refractivity contribution >= 4 is 19.8 Å². The van der Waals surface area contributed by atoms with Crippen LogP contribution >= 0.6 is 7.82 Å². The summed E-state index contributed by atoms with van der Waals surface area (Å²) in [4.78, 5) is 34.5. The summed E-state index contributed by atoms with van der Waals surface area (Å²) < 4.78 is 32.5. The molecule has 0 aromatic carbocycles. The van der Waals surface area contributed by atoms with Gasteiger partial charge in [0.2, 0.25) is 0 Å². The highest BCUT2D eigenvalue weighted by Crippen LogP contribution is 2.43. The smallest absolute Gasteiger partial charge is 0.462 e. The summed E-state index contributed by atoms with van der Waals surface area (Å²) in [6.45, 7) is 3.53. The molecule has 0 aliphatic heterocycles. The first-order valence-corrected chi connectivity index (χ1v) is 21.1. The summed E-state index contributed by atoms with van der Waals surface area (Å²) >= 11 is 0. The number of allylic oxidation sites excluding steroid dienone is 8. The van der Waals surface area contributed by atoms with E-state index in [4.69, 9.17) is 24.3 Å². The average Bonchev–Trinajstić information content (AvgIpc) is 3.10. The molecule has 0 aromatic heterocycles. The standard InChI is InChI=1S/C40H72NO8P/c1-3-5-7-9-11-12-13-14-15-16-17-18-19-20-21-22-23-24-25-26-27-29-31-33-40(43)49-38(37-48-50(44,45)47-35-34-41)36-46-39(42)32-30-28-10-8-6-4-2/h5,7,11-12,14-15,17-18,38H,3-4,6,8-10,13,16,19-37,41H2,1-2H3,(H,44,45)/b7-5-,12-11-,15-14-,18-17-. The van der Waals surface area contributed by atoms with Crippen molar-refractivity contribution in [3.05, 3.63) is 48.6 Å². The van der Waals surface area contributed by atoms with E-state index in [1.165, 1.54) is 44.9 Å². The van der Waals surface area contributed by atoms with Gasteiger partial charge in [0.25, 0.3) is 0 Å². The third-order valence-electron chi connectivity index (χ3n) is 7.98. The number of carbonyl (C=O) groups excluding carboxylic acids is 2. The molecule has 0 aliphatic carbocycles. The maximum atomic E-state index is 12.5. The highest BCUT2D eigenvalue weighted by atomic mass is 31.2. The van der Waals surface area contributed by atoms with Crippen molar-refractivity contribution in [1.82, 2.24) is 0 Å². The molecule has 0 saturated carbocycles. The molecule has 290 valence electrons. The lowest BCUT2D eigenvalue weighted by Gasteiger charge is -2.19. The number of esters is 2. The summed E-state index contributed by atoms with van der Waals surface area (Å²) in [6.07, 6.45) is 40.3. The Morgan fingerprint density at radius 2 is 1.10 bits per heavy atom. The van der Waals surface area contributed by atoms with Crippen LogP contribution in [-0.2, 0) is 32.7 Å². The van der Waals surface area contributed by atoms with Crippen LogP contribution in [0.2, 0.25) is 0 Å². The SMILES string of the molecule is CC/C=C\C/C=C\C/C=C\C/C=C\CCCCCCCCCCCCC(=O)OC(COC(=O)CCCCCCCC)COP(=O)(O)OCCN. The Morgan fingerprint density at radius 3 is 1.64 bits per heavy atom. The highest BCUT2D eigenvalue weighted by Gasteiger charge is 2.25. The van der Waals surface area contributed by atoms with Gasteiger partial charge in [0.1, 0.15) is 6.61 Å². The van der Waals surface area contributed by atoms with E-state index in [-0.39, 0.29) is 32.6 Å². The van der Waals surface area contributed by atoms with Gasteiger partial charge in [0, 0.05) is 19.4 Å². The number of carbonyl (C=O) groups is 2. The van der Waals surface area contributed by atoms with E-state index in [2.05, 4.69) is 62.5 Å². The number of nitrogens with two attached hydrogens (primary N) is 1. The van der Waals surface area contributed by atoms with Crippen molar-refractivity contribution in [1.29, 1.82) is 0 Å². The van der Waals surface area contributed by atoms with Gasteiger partial charge in [-0.25, -0.2) is 4.57 Å². The number of phosphoric ester groups is 1. The Hall–Kier alpha value is -2.03. The molecule has 0 aliphatic rings. The molecular weight excluding hydrogens is 653 g/mol. The van der Waals surface area contributed by atoms with Crippen molar-refractivity contribution in [2.75, 3.05) is 26.4 Å². The summed E-state index contributed by atoms with van der Waals surface area (Å²) in [7, 11) is -4.36. The predicted octanol–water partition coefficient (Wildman–Crippen LogP) is 10.8. The van der Waals surface area contributed by atoms with Gasteiger partial charge in [-0.05, 0) is 51.4 Å². The van der Waals surface area contributed by atoms with Crippen LogP contribution in [0.15, 0.2) is 48.6 Å². The Bertz CT molecular complexity index is 965. The van der Waals surface area contributed by atoms with Gasteiger partial charge < -0.3 is 20.1 Å². The number of ether oxygens (including phenoxy) is 2. The topological polar surface area (TPSA) is 134 Å². The van der Waals surface area contributed by atoms with Crippen LogP contribution in [0.25, 0.3) is 0 Å².